The minimum Gasteiger partial charge on any atom is -0.493 e. The van der Waals surface area contributed by atoms with Crippen molar-refractivity contribution in [3.8, 4) is 17.2 Å². The number of pyridine rings is 1. The van der Waals surface area contributed by atoms with Crippen molar-refractivity contribution in [1.29, 1.82) is 0 Å². The van der Waals surface area contributed by atoms with Crippen molar-refractivity contribution in [3.05, 3.63) is 36.2 Å². The lowest BCUT2D eigenvalue weighted by atomic mass is 9.98. The topological polar surface area (TPSA) is 166 Å². The zero-order valence-corrected chi connectivity index (χ0v) is 20.2. The van der Waals surface area contributed by atoms with Crippen LogP contribution >= 0.6 is 11.8 Å². The number of aliphatic carboxylic acids is 1. The van der Waals surface area contributed by atoms with Gasteiger partial charge in [-0.2, -0.15) is 8.78 Å². The SMILES string of the molecule is COc1ccnc(CSc2nc3cc(OC(F)F)ccc3n2[C@H]2OC(C(=O)O)[C@H](O)C(O)C2O)c1OC. The van der Waals surface area contributed by atoms with E-state index in [0.717, 1.165) is 11.8 Å². The van der Waals surface area contributed by atoms with Crippen LogP contribution in [-0.4, -0.2) is 86.2 Å². The summed E-state index contributed by atoms with van der Waals surface area (Å²) in [6.07, 6.45) is -7.38. The van der Waals surface area contributed by atoms with Gasteiger partial charge in [0.15, 0.2) is 29.0 Å². The number of rotatable bonds is 9. The zero-order valence-electron chi connectivity index (χ0n) is 19.4. The van der Waals surface area contributed by atoms with E-state index in [4.69, 9.17) is 14.2 Å². The van der Waals surface area contributed by atoms with Gasteiger partial charge in [-0.3, -0.25) is 9.55 Å². The summed E-state index contributed by atoms with van der Waals surface area (Å²) in [5.74, 6) is -0.779. The van der Waals surface area contributed by atoms with Gasteiger partial charge in [-0.15, -0.1) is 0 Å². The number of carbonyl (C=O) groups is 1. The van der Waals surface area contributed by atoms with Crippen LogP contribution in [0.15, 0.2) is 35.6 Å². The average molecular weight is 544 g/mol. The number of aliphatic hydroxyl groups excluding tert-OH is 3. The molecule has 5 atom stereocenters. The molecule has 1 fully saturated rings. The predicted molar refractivity (Wildman–Crippen MR) is 123 cm³/mol. The molecule has 200 valence electrons. The van der Waals surface area contributed by atoms with E-state index in [0.29, 0.717) is 17.2 Å². The Labute approximate surface area is 212 Å². The van der Waals surface area contributed by atoms with Crippen LogP contribution in [0, 0.1) is 0 Å². The molecule has 4 rings (SSSR count). The highest BCUT2D eigenvalue weighted by atomic mass is 32.2. The largest absolute Gasteiger partial charge is 0.493 e. The van der Waals surface area contributed by atoms with Crippen molar-refractivity contribution in [2.45, 2.75) is 48.2 Å². The monoisotopic (exact) mass is 543 g/mol. The van der Waals surface area contributed by atoms with Gasteiger partial charge >= 0.3 is 12.6 Å². The fourth-order valence-electron chi connectivity index (χ4n) is 3.95. The molecule has 15 heteroatoms. The van der Waals surface area contributed by atoms with E-state index in [-0.39, 0.29) is 27.7 Å². The maximum atomic E-state index is 12.7. The van der Waals surface area contributed by atoms with Crippen LogP contribution in [-0.2, 0) is 15.3 Å². The number of hydrogen-bond acceptors (Lipinski definition) is 11. The Kier molecular flexibility index (Phi) is 7.99. The van der Waals surface area contributed by atoms with E-state index < -0.39 is 43.2 Å². The molecule has 0 amide bonds. The second-order valence-electron chi connectivity index (χ2n) is 7.83. The zero-order chi connectivity index (χ0) is 26.9. The van der Waals surface area contributed by atoms with Crippen LogP contribution < -0.4 is 14.2 Å². The number of carboxylic acids is 1. The van der Waals surface area contributed by atoms with E-state index in [1.165, 1.54) is 43.2 Å². The summed E-state index contributed by atoms with van der Waals surface area (Å²) < 4.78 is 47.4. The Morgan fingerprint density at radius 1 is 1.16 bits per heavy atom. The summed E-state index contributed by atoms with van der Waals surface area (Å²) in [4.78, 5) is 20.4. The molecular weight excluding hydrogens is 520 g/mol. The van der Waals surface area contributed by atoms with E-state index in [1.807, 2.05) is 0 Å². The number of hydrogen-bond donors (Lipinski definition) is 4. The quantitative estimate of drug-likeness (QED) is 0.287. The number of halogens is 2. The van der Waals surface area contributed by atoms with Crippen molar-refractivity contribution in [2.24, 2.45) is 0 Å². The summed E-state index contributed by atoms with van der Waals surface area (Å²) in [6.45, 7) is -3.07. The second-order valence-corrected chi connectivity index (χ2v) is 8.77. The number of benzene rings is 1. The summed E-state index contributed by atoms with van der Waals surface area (Å²) in [5, 5.41) is 40.8. The van der Waals surface area contributed by atoms with Gasteiger partial charge in [-0.05, 0) is 12.1 Å². The lowest BCUT2D eigenvalue weighted by Gasteiger charge is -2.39. The molecule has 4 N–H and O–H groups in total. The summed E-state index contributed by atoms with van der Waals surface area (Å²) in [7, 11) is 2.91. The van der Waals surface area contributed by atoms with Gasteiger partial charge in [0, 0.05) is 24.1 Å². The van der Waals surface area contributed by atoms with Crippen LogP contribution in [0.4, 0.5) is 8.78 Å². The third-order valence-electron chi connectivity index (χ3n) is 5.64. The highest BCUT2D eigenvalue weighted by molar-refractivity contribution is 7.98. The van der Waals surface area contributed by atoms with Gasteiger partial charge in [0.25, 0.3) is 0 Å². The second kappa shape index (κ2) is 11.0. The van der Waals surface area contributed by atoms with Gasteiger partial charge in [0.05, 0.1) is 30.9 Å². The minimum atomic E-state index is -3.07. The molecule has 0 bridgehead atoms. The van der Waals surface area contributed by atoms with Crippen LogP contribution in [0.1, 0.15) is 11.9 Å². The van der Waals surface area contributed by atoms with Crippen LogP contribution in [0.25, 0.3) is 11.0 Å². The average Bonchev–Trinajstić information content (AvgIpc) is 3.22. The molecule has 1 saturated heterocycles. The number of thioether (sulfide) groups is 1. The molecule has 2 aromatic heterocycles. The maximum Gasteiger partial charge on any atom is 0.387 e. The number of carboxylic acid groups (broad SMARTS) is 1. The van der Waals surface area contributed by atoms with E-state index >= 15 is 0 Å². The molecule has 1 aromatic carbocycles. The molecule has 3 unspecified atom stereocenters. The number of nitrogens with zero attached hydrogens (tertiary/aromatic N) is 3. The Bertz CT molecular complexity index is 1280. The Morgan fingerprint density at radius 2 is 1.92 bits per heavy atom. The third-order valence-corrected chi connectivity index (χ3v) is 6.61. The Morgan fingerprint density at radius 3 is 2.57 bits per heavy atom. The lowest BCUT2D eigenvalue weighted by molar-refractivity contribution is -0.247. The fraction of sp³-hybridized carbons (Fsp3) is 0.409. The fourth-order valence-corrected chi connectivity index (χ4v) is 4.92. The van der Waals surface area contributed by atoms with Crippen LogP contribution in [0.3, 0.4) is 0 Å². The van der Waals surface area contributed by atoms with E-state index in [2.05, 4.69) is 14.7 Å². The summed E-state index contributed by atoms with van der Waals surface area (Å²) >= 11 is 1.08. The van der Waals surface area contributed by atoms with Gasteiger partial charge in [0.1, 0.15) is 24.1 Å². The first kappa shape index (κ1) is 26.8. The Hall–Kier alpha value is -3.24. The molecule has 3 aromatic rings. The molecule has 0 aliphatic carbocycles. The molecule has 0 radical (unpaired) electrons. The van der Waals surface area contributed by atoms with Crippen LogP contribution in [0.2, 0.25) is 0 Å². The van der Waals surface area contributed by atoms with Crippen molar-refractivity contribution < 1.29 is 52.9 Å². The van der Waals surface area contributed by atoms with Crippen molar-refractivity contribution >= 4 is 28.8 Å². The molecule has 12 nitrogen and oxygen atoms in total. The van der Waals surface area contributed by atoms with Crippen molar-refractivity contribution in [2.75, 3.05) is 14.2 Å². The summed E-state index contributed by atoms with van der Waals surface area (Å²) in [6, 6.07) is 5.46. The standard InChI is InChI=1S/C22H23F2N3O9S/c1-33-13-5-6-25-11(17(13)34-2)8-37-22-26-10-7-9(35-21(23)24)3-4-12(10)27(22)19-16(30)14(28)15(29)18(36-19)20(31)32/h3-7,14-16,18-19,21,28-30H,8H2,1-2H3,(H,31,32)/t14?,15-,16?,18?,19+/m1/s1. The van der Waals surface area contributed by atoms with E-state index in [1.54, 1.807) is 6.07 Å². The van der Waals surface area contributed by atoms with Gasteiger partial charge in [-0.1, -0.05) is 11.8 Å². The highest BCUT2D eigenvalue weighted by Crippen LogP contribution is 2.39. The van der Waals surface area contributed by atoms with E-state index in [9.17, 15) is 34.0 Å². The molecule has 0 spiro atoms. The van der Waals surface area contributed by atoms with Crippen LogP contribution in [0.5, 0.6) is 17.2 Å². The minimum absolute atomic E-state index is 0.153. The summed E-state index contributed by atoms with van der Waals surface area (Å²) in [5.41, 5.74) is 0.886. The number of methoxy groups -OCH3 is 2. The van der Waals surface area contributed by atoms with Gasteiger partial charge < -0.3 is 39.4 Å². The Balaban J connectivity index is 1.78. The number of aliphatic hydroxyl groups is 3. The molecule has 3 heterocycles. The molecule has 37 heavy (non-hydrogen) atoms. The first-order valence-electron chi connectivity index (χ1n) is 10.7. The number of aromatic nitrogens is 3. The lowest BCUT2D eigenvalue weighted by Crippen LogP contribution is -2.57. The van der Waals surface area contributed by atoms with Gasteiger partial charge in [-0.25, -0.2) is 9.78 Å². The smallest absolute Gasteiger partial charge is 0.387 e. The van der Waals surface area contributed by atoms with Crippen molar-refractivity contribution in [3.63, 3.8) is 0 Å². The first-order chi connectivity index (χ1) is 17.7. The van der Waals surface area contributed by atoms with Crippen molar-refractivity contribution in [1.82, 2.24) is 14.5 Å². The normalized spacial score (nSPS) is 23.8. The molecule has 1 aliphatic heterocycles. The third kappa shape index (κ3) is 5.26. The number of fused-ring (bicyclic) bond motifs is 1. The number of ether oxygens (including phenoxy) is 4. The molecule has 0 saturated carbocycles. The predicted octanol–water partition coefficient (Wildman–Crippen LogP) is 1.41. The van der Waals surface area contributed by atoms with Gasteiger partial charge in [0.2, 0.25) is 0 Å². The first-order valence-corrected chi connectivity index (χ1v) is 11.7. The number of imidazole rings is 1. The molecule has 1 aliphatic rings. The maximum absolute atomic E-state index is 12.7. The number of alkyl halides is 2. The highest BCUT2D eigenvalue weighted by Gasteiger charge is 2.48. The molecular formula is C22H23F2N3O9S.